The summed E-state index contributed by atoms with van der Waals surface area (Å²) in [4.78, 5) is 0. The SMILES string of the molecule is C=C[C@H]1[C@H](OCc2ccccc2)[C@@H](OCc2ccccc2)CN1O. The van der Waals surface area contributed by atoms with Gasteiger partial charge in [0, 0.05) is 0 Å². The van der Waals surface area contributed by atoms with Crippen molar-refractivity contribution >= 4 is 0 Å². The minimum atomic E-state index is -0.269. The molecule has 0 bridgehead atoms. The Morgan fingerprint density at radius 1 is 0.958 bits per heavy atom. The Labute approximate surface area is 142 Å². The molecule has 1 heterocycles. The van der Waals surface area contributed by atoms with E-state index in [2.05, 4.69) is 6.58 Å². The van der Waals surface area contributed by atoms with Gasteiger partial charge in [-0.25, -0.2) is 0 Å². The molecule has 0 saturated carbocycles. The second-order valence-electron chi connectivity index (χ2n) is 5.94. The summed E-state index contributed by atoms with van der Waals surface area (Å²) in [6.07, 6.45) is 1.25. The Morgan fingerprint density at radius 2 is 1.50 bits per heavy atom. The summed E-state index contributed by atoms with van der Waals surface area (Å²) in [6, 6.07) is 19.7. The number of hydroxylamine groups is 2. The van der Waals surface area contributed by atoms with Gasteiger partial charge in [0.05, 0.1) is 25.8 Å². The summed E-state index contributed by atoms with van der Waals surface area (Å²) in [6.45, 7) is 5.20. The van der Waals surface area contributed by atoms with E-state index < -0.39 is 0 Å². The van der Waals surface area contributed by atoms with Crippen LogP contribution in [0.1, 0.15) is 11.1 Å². The maximum absolute atomic E-state index is 10.1. The first-order valence-electron chi connectivity index (χ1n) is 8.17. The molecule has 0 spiro atoms. The zero-order valence-corrected chi connectivity index (χ0v) is 13.6. The summed E-state index contributed by atoms with van der Waals surface area (Å²) in [7, 11) is 0. The summed E-state index contributed by atoms with van der Waals surface area (Å²) < 4.78 is 12.1. The van der Waals surface area contributed by atoms with Crippen LogP contribution in [0.5, 0.6) is 0 Å². The van der Waals surface area contributed by atoms with Crippen LogP contribution in [0.15, 0.2) is 73.3 Å². The van der Waals surface area contributed by atoms with Crippen LogP contribution in [-0.4, -0.2) is 35.1 Å². The third-order valence-electron chi connectivity index (χ3n) is 4.25. The van der Waals surface area contributed by atoms with Crippen molar-refractivity contribution in [3.05, 3.63) is 84.4 Å². The predicted octanol–water partition coefficient (Wildman–Crippen LogP) is 3.42. The highest BCUT2D eigenvalue weighted by Crippen LogP contribution is 2.25. The van der Waals surface area contributed by atoms with E-state index in [1.165, 1.54) is 5.06 Å². The van der Waals surface area contributed by atoms with Gasteiger partial charge in [-0.1, -0.05) is 66.7 Å². The summed E-state index contributed by atoms with van der Waals surface area (Å²) in [5.41, 5.74) is 2.20. The molecule has 0 aromatic heterocycles. The second-order valence-corrected chi connectivity index (χ2v) is 5.94. The molecule has 0 amide bonds. The van der Waals surface area contributed by atoms with Gasteiger partial charge in [0.15, 0.2) is 0 Å². The van der Waals surface area contributed by atoms with Gasteiger partial charge in [-0.3, -0.25) is 0 Å². The topological polar surface area (TPSA) is 41.9 Å². The average molecular weight is 325 g/mol. The Hall–Kier alpha value is -1.98. The third kappa shape index (κ3) is 4.10. The van der Waals surface area contributed by atoms with Crippen molar-refractivity contribution in [3.8, 4) is 0 Å². The number of ether oxygens (including phenoxy) is 2. The fourth-order valence-corrected chi connectivity index (χ4v) is 2.95. The molecule has 1 N–H and O–H groups in total. The molecule has 1 aliphatic heterocycles. The molecule has 0 radical (unpaired) electrons. The molecule has 126 valence electrons. The summed E-state index contributed by atoms with van der Waals surface area (Å²) in [5, 5.41) is 11.4. The lowest BCUT2D eigenvalue weighted by atomic mass is 10.1. The third-order valence-corrected chi connectivity index (χ3v) is 4.25. The molecular weight excluding hydrogens is 302 g/mol. The van der Waals surface area contributed by atoms with Crippen molar-refractivity contribution in [3.63, 3.8) is 0 Å². The van der Waals surface area contributed by atoms with E-state index in [0.29, 0.717) is 19.8 Å². The highest BCUT2D eigenvalue weighted by molar-refractivity contribution is 5.15. The normalized spacial score (nSPS) is 24.1. The van der Waals surface area contributed by atoms with E-state index in [9.17, 15) is 5.21 Å². The first-order chi connectivity index (χ1) is 11.8. The standard InChI is InChI=1S/C20H23NO3/c1-2-18-20(24-15-17-11-7-4-8-12-17)19(13-21(18)22)23-14-16-9-5-3-6-10-16/h2-12,18-20,22H,1,13-15H2/t18-,19-,20-/m0/s1. The molecule has 2 aromatic carbocycles. The lowest BCUT2D eigenvalue weighted by molar-refractivity contribution is -0.109. The Kier molecular flexibility index (Phi) is 5.77. The van der Waals surface area contributed by atoms with Crippen molar-refractivity contribution in [2.75, 3.05) is 6.54 Å². The van der Waals surface area contributed by atoms with Gasteiger partial charge >= 0.3 is 0 Å². The molecule has 3 rings (SSSR count). The van der Waals surface area contributed by atoms with Crippen LogP contribution in [0.4, 0.5) is 0 Å². The molecule has 24 heavy (non-hydrogen) atoms. The molecule has 3 atom stereocenters. The molecule has 0 aliphatic carbocycles. The van der Waals surface area contributed by atoms with E-state index in [-0.39, 0.29) is 18.2 Å². The van der Waals surface area contributed by atoms with Crippen LogP contribution in [0.25, 0.3) is 0 Å². The average Bonchev–Trinajstić information content (AvgIpc) is 2.94. The smallest absolute Gasteiger partial charge is 0.107 e. The molecule has 0 unspecified atom stereocenters. The van der Waals surface area contributed by atoms with Gasteiger partial charge < -0.3 is 14.7 Å². The zero-order chi connectivity index (χ0) is 16.8. The number of hydrogen-bond donors (Lipinski definition) is 1. The van der Waals surface area contributed by atoms with Gasteiger partial charge in [-0.05, 0) is 11.1 Å². The quantitative estimate of drug-likeness (QED) is 0.792. The molecular formula is C20H23NO3. The van der Waals surface area contributed by atoms with Crippen LogP contribution in [0.2, 0.25) is 0 Å². The predicted molar refractivity (Wildman–Crippen MR) is 92.5 cm³/mol. The maximum Gasteiger partial charge on any atom is 0.107 e. The van der Waals surface area contributed by atoms with Gasteiger partial charge in [0.25, 0.3) is 0 Å². The van der Waals surface area contributed by atoms with Crippen LogP contribution in [-0.2, 0) is 22.7 Å². The molecule has 4 heteroatoms. The van der Waals surface area contributed by atoms with E-state index in [1.54, 1.807) is 6.08 Å². The number of rotatable bonds is 7. The Bertz CT molecular complexity index is 632. The molecule has 1 saturated heterocycles. The highest BCUT2D eigenvalue weighted by atomic mass is 16.6. The first-order valence-corrected chi connectivity index (χ1v) is 8.17. The maximum atomic E-state index is 10.1. The Morgan fingerprint density at radius 3 is 2.04 bits per heavy atom. The van der Waals surface area contributed by atoms with Crippen molar-refractivity contribution in [2.24, 2.45) is 0 Å². The minimum absolute atomic E-state index is 0.207. The fourth-order valence-electron chi connectivity index (χ4n) is 2.95. The monoisotopic (exact) mass is 325 g/mol. The number of nitrogens with zero attached hydrogens (tertiary/aromatic N) is 1. The number of benzene rings is 2. The van der Waals surface area contributed by atoms with E-state index in [4.69, 9.17) is 9.47 Å². The lowest BCUT2D eigenvalue weighted by Gasteiger charge is -2.23. The largest absolute Gasteiger partial charge is 0.369 e. The Balaban J connectivity index is 1.63. The van der Waals surface area contributed by atoms with Crippen molar-refractivity contribution in [1.29, 1.82) is 0 Å². The van der Waals surface area contributed by atoms with E-state index in [0.717, 1.165) is 11.1 Å². The van der Waals surface area contributed by atoms with E-state index in [1.807, 2.05) is 60.7 Å². The van der Waals surface area contributed by atoms with Crippen molar-refractivity contribution < 1.29 is 14.7 Å². The van der Waals surface area contributed by atoms with Crippen molar-refractivity contribution in [1.82, 2.24) is 5.06 Å². The van der Waals surface area contributed by atoms with Gasteiger partial charge in [0.2, 0.25) is 0 Å². The summed E-state index contributed by atoms with van der Waals surface area (Å²) >= 11 is 0. The molecule has 1 aliphatic rings. The first kappa shape index (κ1) is 16.9. The fraction of sp³-hybridized carbons (Fsp3) is 0.300. The zero-order valence-electron chi connectivity index (χ0n) is 13.6. The molecule has 4 nitrogen and oxygen atoms in total. The van der Waals surface area contributed by atoms with E-state index >= 15 is 0 Å². The van der Waals surface area contributed by atoms with Gasteiger partial charge in [-0.2, -0.15) is 5.06 Å². The van der Waals surface area contributed by atoms with Crippen LogP contribution in [0.3, 0.4) is 0 Å². The lowest BCUT2D eigenvalue weighted by Crippen LogP contribution is -2.35. The van der Waals surface area contributed by atoms with Crippen LogP contribution < -0.4 is 0 Å². The van der Waals surface area contributed by atoms with Crippen LogP contribution in [0, 0.1) is 0 Å². The highest BCUT2D eigenvalue weighted by Gasteiger charge is 2.41. The summed E-state index contributed by atoms with van der Waals surface area (Å²) in [5.74, 6) is 0. The van der Waals surface area contributed by atoms with Crippen molar-refractivity contribution in [2.45, 2.75) is 31.5 Å². The minimum Gasteiger partial charge on any atom is -0.369 e. The van der Waals surface area contributed by atoms with Crippen LogP contribution >= 0.6 is 0 Å². The second kappa shape index (κ2) is 8.22. The van der Waals surface area contributed by atoms with Gasteiger partial charge in [0.1, 0.15) is 12.2 Å². The van der Waals surface area contributed by atoms with Gasteiger partial charge in [-0.15, -0.1) is 6.58 Å². The number of hydrogen-bond acceptors (Lipinski definition) is 4. The molecule has 2 aromatic rings. The molecule has 1 fully saturated rings.